The summed E-state index contributed by atoms with van der Waals surface area (Å²) in [6.07, 6.45) is 7.51. The second kappa shape index (κ2) is 6.23. The Hall–Kier alpha value is -2.43. The minimum atomic E-state index is 0.0186. The van der Waals surface area contributed by atoms with E-state index in [1.165, 1.54) is 24.9 Å². The molecule has 5 nitrogen and oxygen atoms in total. The van der Waals surface area contributed by atoms with Crippen molar-refractivity contribution in [1.82, 2.24) is 9.97 Å². The van der Waals surface area contributed by atoms with Crippen LogP contribution in [0.15, 0.2) is 36.8 Å². The van der Waals surface area contributed by atoms with E-state index in [9.17, 15) is 4.79 Å². The average Bonchev–Trinajstić information content (AvgIpc) is 2.66. The summed E-state index contributed by atoms with van der Waals surface area (Å²) in [6, 6.07) is 8.66. The van der Waals surface area contributed by atoms with Crippen molar-refractivity contribution in [2.24, 2.45) is 0 Å². The van der Waals surface area contributed by atoms with Gasteiger partial charge in [0.15, 0.2) is 0 Å². The largest absolute Gasteiger partial charge is 0.365 e. The maximum absolute atomic E-state index is 13.2. The van der Waals surface area contributed by atoms with Crippen LogP contribution >= 0.6 is 0 Å². The normalized spacial score (nSPS) is 19.6. The first-order valence-corrected chi connectivity index (χ1v) is 8.76. The van der Waals surface area contributed by atoms with Crippen LogP contribution < -0.4 is 9.80 Å². The number of benzene rings is 1. The third kappa shape index (κ3) is 2.44. The van der Waals surface area contributed by atoms with Crippen molar-refractivity contribution in [2.45, 2.75) is 38.6 Å². The van der Waals surface area contributed by atoms with E-state index in [1.807, 2.05) is 24.0 Å². The summed E-state index contributed by atoms with van der Waals surface area (Å²) in [7, 11) is 0. The first-order valence-electron chi connectivity index (χ1n) is 8.76. The second-order valence-corrected chi connectivity index (χ2v) is 6.48. The van der Waals surface area contributed by atoms with Gasteiger partial charge >= 0.3 is 0 Å². The van der Waals surface area contributed by atoms with E-state index in [1.54, 1.807) is 6.20 Å². The summed E-state index contributed by atoms with van der Waals surface area (Å²) in [6.45, 7) is 3.85. The van der Waals surface area contributed by atoms with Crippen LogP contribution in [-0.2, 0) is 6.42 Å². The fourth-order valence-corrected chi connectivity index (χ4v) is 3.90. The number of rotatable bonds is 2. The van der Waals surface area contributed by atoms with Crippen LogP contribution in [0.3, 0.4) is 0 Å². The molecule has 2 aliphatic rings. The Morgan fingerprint density at radius 1 is 1.25 bits per heavy atom. The molecule has 124 valence electrons. The minimum absolute atomic E-state index is 0.0186. The lowest BCUT2D eigenvalue weighted by molar-refractivity contribution is 0.0981. The Bertz CT molecular complexity index is 761. The smallest absolute Gasteiger partial charge is 0.261 e. The lowest BCUT2D eigenvalue weighted by atomic mass is 9.96. The standard InChI is InChI=1S/C19H22N4O/c1-2-16-15(11-20-13-21-16)19(24)23-12-14-7-5-6-10-22(14)17-8-3-4-9-18(17)23/h3-4,8-9,11,13-14H,2,5-7,10,12H2,1H3. The number of hydrogen-bond donors (Lipinski definition) is 0. The van der Waals surface area contributed by atoms with E-state index >= 15 is 0 Å². The van der Waals surface area contributed by atoms with Gasteiger partial charge in [-0.3, -0.25) is 4.79 Å². The number of fused-ring (bicyclic) bond motifs is 3. The molecule has 1 amide bonds. The topological polar surface area (TPSA) is 49.3 Å². The van der Waals surface area contributed by atoms with Gasteiger partial charge in [-0.15, -0.1) is 0 Å². The molecule has 0 bridgehead atoms. The molecule has 0 N–H and O–H groups in total. The maximum Gasteiger partial charge on any atom is 0.261 e. The van der Waals surface area contributed by atoms with Crippen molar-refractivity contribution in [3.05, 3.63) is 48.0 Å². The molecule has 2 aromatic rings. The van der Waals surface area contributed by atoms with Gasteiger partial charge in [-0.05, 0) is 37.8 Å². The first kappa shape index (κ1) is 15.1. The molecule has 1 fully saturated rings. The minimum Gasteiger partial charge on any atom is -0.365 e. The molecule has 0 aliphatic carbocycles. The molecular weight excluding hydrogens is 300 g/mol. The molecule has 1 atom stereocenters. The van der Waals surface area contributed by atoms with Gasteiger partial charge in [0, 0.05) is 25.3 Å². The molecule has 1 aromatic carbocycles. The van der Waals surface area contributed by atoms with Gasteiger partial charge in [-0.2, -0.15) is 0 Å². The van der Waals surface area contributed by atoms with E-state index in [2.05, 4.69) is 27.0 Å². The molecule has 4 rings (SSSR count). The Balaban J connectivity index is 1.76. The highest BCUT2D eigenvalue weighted by Crippen LogP contribution is 2.39. The zero-order chi connectivity index (χ0) is 16.5. The molecule has 0 saturated carbocycles. The number of aryl methyl sites for hydroxylation is 1. The number of para-hydroxylation sites is 2. The highest BCUT2D eigenvalue weighted by Gasteiger charge is 2.35. The van der Waals surface area contributed by atoms with Crippen LogP contribution in [-0.4, -0.2) is 35.0 Å². The number of aromatic nitrogens is 2. The van der Waals surface area contributed by atoms with Gasteiger partial charge in [0.05, 0.1) is 22.6 Å². The Morgan fingerprint density at radius 2 is 2.08 bits per heavy atom. The van der Waals surface area contributed by atoms with E-state index < -0.39 is 0 Å². The quantitative estimate of drug-likeness (QED) is 0.852. The predicted octanol–water partition coefficient (Wildman–Crippen LogP) is 3.06. The van der Waals surface area contributed by atoms with E-state index in [-0.39, 0.29) is 5.91 Å². The van der Waals surface area contributed by atoms with Gasteiger partial charge in [0.2, 0.25) is 0 Å². The van der Waals surface area contributed by atoms with Crippen molar-refractivity contribution >= 4 is 17.3 Å². The van der Waals surface area contributed by atoms with Crippen molar-refractivity contribution < 1.29 is 4.79 Å². The Kier molecular flexibility index (Phi) is 3.92. The monoisotopic (exact) mass is 322 g/mol. The van der Waals surface area contributed by atoms with Crippen LogP contribution in [0, 0.1) is 0 Å². The summed E-state index contributed by atoms with van der Waals surface area (Å²) in [5.74, 6) is 0.0186. The Labute approximate surface area is 142 Å². The van der Waals surface area contributed by atoms with Crippen LogP contribution in [0.5, 0.6) is 0 Å². The fourth-order valence-electron chi connectivity index (χ4n) is 3.90. The number of hydrogen-bond acceptors (Lipinski definition) is 4. The molecule has 1 aromatic heterocycles. The van der Waals surface area contributed by atoms with Crippen LogP contribution in [0.25, 0.3) is 0 Å². The molecule has 0 radical (unpaired) electrons. The average molecular weight is 322 g/mol. The van der Waals surface area contributed by atoms with Gasteiger partial charge in [0.1, 0.15) is 6.33 Å². The lowest BCUT2D eigenvalue weighted by Crippen LogP contribution is -2.53. The molecule has 2 aliphatic heterocycles. The number of amides is 1. The number of carbonyl (C=O) groups excluding carboxylic acids is 1. The van der Waals surface area contributed by atoms with Crippen molar-refractivity contribution in [1.29, 1.82) is 0 Å². The zero-order valence-corrected chi connectivity index (χ0v) is 14.0. The number of anilines is 2. The first-order chi connectivity index (χ1) is 11.8. The van der Waals surface area contributed by atoms with Crippen LogP contribution in [0.4, 0.5) is 11.4 Å². The van der Waals surface area contributed by atoms with Gasteiger partial charge in [-0.1, -0.05) is 19.1 Å². The summed E-state index contributed by atoms with van der Waals surface area (Å²) in [4.78, 5) is 26.0. The highest BCUT2D eigenvalue weighted by molar-refractivity contribution is 6.09. The number of piperidine rings is 1. The Morgan fingerprint density at radius 3 is 2.92 bits per heavy atom. The SMILES string of the molecule is CCc1ncncc1C(=O)N1CC2CCCCN2c2ccccc21. The molecule has 1 unspecified atom stereocenters. The van der Waals surface area contributed by atoms with Gasteiger partial charge in [0.25, 0.3) is 5.91 Å². The van der Waals surface area contributed by atoms with Crippen molar-refractivity contribution in [3.63, 3.8) is 0 Å². The maximum atomic E-state index is 13.2. The van der Waals surface area contributed by atoms with Crippen molar-refractivity contribution in [2.75, 3.05) is 22.9 Å². The summed E-state index contributed by atoms with van der Waals surface area (Å²) in [5, 5.41) is 0. The third-order valence-corrected chi connectivity index (χ3v) is 5.11. The van der Waals surface area contributed by atoms with Crippen LogP contribution in [0.1, 0.15) is 42.2 Å². The fraction of sp³-hybridized carbons (Fsp3) is 0.421. The zero-order valence-electron chi connectivity index (χ0n) is 14.0. The molecule has 3 heterocycles. The van der Waals surface area contributed by atoms with E-state index in [0.29, 0.717) is 11.6 Å². The second-order valence-electron chi connectivity index (χ2n) is 6.48. The predicted molar refractivity (Wildman–Crippen MR) is 94.5 cm³/mol. The summed E-state index contributed by atoms with van der Waals surface area (Å²) < 4.78 is 0. The molecule has 1 saturated heterocycles. The van der Waals surface area contributed by atoms with Gasteiger partial charge < -0.3 is 9.80 Å². The lowest BCUT2D eigenvalue weighted by Gasteiger charge is -2.46. The molecular formula is C19H22N4O. The summed E-state index contributed by atoms with van der Waals surface area (Å²) >= 11 is 0. The van der Waals surface area contributed by atoms with Crippen molar-refractivity contribution in [3.8, 4) is 0 Å². The molecule has 24 heavy (non-hydrogen) atoms. The van der Waals surface area contributed by atoms with Gasteiger partial charge in [-0.25, -0.2) is 9.97 Å². The third-order valence-electron chi connectivity index (χ3n) is 5.11. The molecule has 5 heteroatoms. The number of carbonyl (C=O) groups is 1. The highest BCUT2D eigenvalue weighted by atomic mass is 16.2. The van der Waals surface area contributed by atoms with E-state index in [0.717, 1.165) is 37.3 Å². The number of nitrogens with zero attached hydrogens (tertiary/aromatic N) is 4. The van der Waals surface area contributed by atoms with Crippen LogP contribution in [0.2, 0.25) is 0 Å². The van der Waals surface area contributed by atoms with E-state index in [4.69, 9.17) is 0 Å². The molecule has 0 spiro atoms. The summed E-state index contributed by atoms with van der Waals surface area (Å²) in [5.41, 5.74) is 3.63.